The van der Waals surface area contributed by atoms with Gasteiger partial charge in [-0.2, -0.15) is 0 Å². The van der Waals surface area contributed by atoms with E-state index in [0.29, 0.717) is 16.6 Å². The van der Waals surface area contributed by atoms with E-state index in [4.69, 9.17) is 11.6 Å². The Balaban J connectivity index is 1.72. The quantitative estimate of drug-likeness (QED) is 0.878. The number of nitrogens with one attached hydrogen (secondary N) is 2. The number of benzene rings is 2. The molecule has 5 heteroatoms. The van der Waals surface area contributed by atoms with Gasteiger partial charge in [0.15, 0.2) is 0 Å². The van der Waals surface area contributed by atoms with E-state index in [1.54, 1.807) is 12.1 Å². The van der Waals surface area contributed by atoms with Gasteiger partial charge in [0, 0.05) is 6.04 Å². The van der Waals surface area contributed by atoms with Crippen LogP contribution < -0.4 is 10.6 Å². The van der Waals surface area contributed by atoms with Gasteiger partial charge in [0.25, 0.3) is 5.91 Å². The molecule has 2 aromatic rings. The van der Waals surface area contributed by atoms with Crippen LogP contribution in [0.2, 0.25) is 5.02 Å². The van der Waals surface area contributed by atoms with Crippen molar-refractivity contribution >= 4 is 28.9 Å². The Morgan fingerprint density at radius 3 is 2.38 bits per heavy atom. The molecule has 0 aliphatic carbocycles. The number of anilines is 2. The summed E-state index contributed by atoms with van der Waals surface area (Å²) in [7, 11) is 2.15. The molecular formula is C19H22ClN3O. The summed E-state index contributed by atoms with van der Waals surface area (Å²) >= 11 is 6.11. The molecule has 0 bridgehead atoms. The second kappa shape index (κ2) is 7.69. The normalized spacial score (nSPS) is 15.9. The number of para-hydroxylation sites is 2. The zero-order valence-electron chi connectivity index (χ0n) is 13.8. The van der Waals surface area contributed by atoms with Crippen molar-refractivity contribution in [3.63, 3.8) is 0 Å². The van der Waals surface area contributed by atoms with E-state index in [1.165, 1.54) is 0 Å². The molecule has 1 aliphatic heterocycles. The molecule has 0 unspecified atom stereocenters. The molecule has 1 saturated heterocycles. The molecule has 2 aromatic carbocycles. The number of amides is 1. The molecule has 2 N–H and O–H groups in total. The van der Waals surface area contributed by atoms with Crippen LogP contribution in [0.5, 0.6) is 0 Å². The Kier molecular flexibility index (Phi) is 5.38. The Bertz CT molecular complexity index is 711. The minimum absolute atomic E-state index is 0.196. The topological polar surface area (TPSA) is 44.4 Å². The molecule has 1 amide bonds. The Morgan fingerprint density at radius 1 is 1.04 bits per heavy atom. The highest BCUT2D eigenvalue weighted by atomic mass is 35.5. The number of hydrogen-bond acceptors (Lipinski definition) is 3. The molecule has 0 saturated carbocycles. The Hall–Kier alpha value is -2.04. The highest BCUT2D eigenvalue weighted by molar-refractivity contribution is 6.34. The fraction of sp³-hybridized carbons (Fsp3) is 0.316. The molecule has 1 aliphatic rings. The number of rotatable bonds is 4. The van der Waals surface area contributed by atoms with Crippen LogP contribution in [-0.4, -0.2) is 37.0 Å². The number of hydrogen-bond donors (Lipinski definition) is 2. The number of nitrogens with zero attached hydrogens (tertiary/aromatic N) is 1. The van der Waals surface area contributed by atoms with Gasteiger partial charge >= 0.3 is 0 Å². The van der Waals surface area contributed by atoms with Gasteiger partial charge in [0.1, 0.15) is 0 Å². The zero-order chi connectivity index (χ0) is 16.9. The van der Waals surface area contributed by atoms with E-state index in [2.05, 4.69) is 22.6 Å². The summed E-state index contributed by atoms with van der Waals surface area (Å²) in [6.45, 7) is 2.18. The first-order chi connectivity index (χ1) is 11.6. The lowest BCUT2D eigenvalue weighted by Crippen LogP contribution is -2.36. The van der Waals surface area contributed by atoms with Crippen molar-refractivity contribution in [3.05, 3.63) is 59.1 Å². The van der Waals surface area contributed by atoms with E-state index < -0.39 is 0 Å². The summed E-state index contributed by atoms with van der Waals surface area (Å²) in [4.78, 5) is 14.8. The first-order valence-corrected chi connectivity index (χ1v) is 8.61. The number of carbonyl (C=O) groups is 1. The summed E-state index contributed by atoms with van der Waals surface area (Å²) in [6, 6.07) is 15.3. The van der Waals surface area contributed by atoms with Crippen molar-refractivity contribution in [1.82, 2.24) is 4.90 Å². The number of likely N-dealkylation sites (tertiary alicyclic amines) is 1. The van der Waals surface area contributed by atoms with Gasteiger partial charge in [0.05, 0.1) is 22.0 Å². The summed E-state index contributed by atoms with van der Waals surface area (Å²) in [5.74, 6) is -0.196. The second-order valence-electron chi connectivity index (χ2n) is 6.20. The SMILES string of the molecule is CN1CCC(Nc2ccccc2NC(=O)c2ccccc2Cl)CC1. The van der Waals surface area contributed by atoms with E-state index in [1.807, 2.05) is 36.4 Å². The standard InChI is InChI=1S/C19H22ClN3O/c1-23-12-10-14(11-13-23)21-17-8-4-5-9-18(17)22-19(24)15-6-2-3-7-16(15)20/h2-9,14,21H,10-13H2,1H3,(H,22,24). The van der Waals surface area contributed by atoms with Crippen LogP contribution in [0.3, 0.4) is 0 Å². The highest BCUT2D eigenvalue weighted by Crippen LogP contribution is 2.25. The molecule has 126 valence electrons. The summed E-state index contributed by atoms with van der Waals surface area (Å²) in [5, 5.41) is 6.99. The van der Waals surface area contributed by atoms with E-state index in [9.17, 15) is 4.79 Å². The van der Waals surface area contributed by atoms with Gasteiger partial charge in [-0.05, 0) is 57.2 Å². The average Bonchev–Trinajstić information content (AvgIpc) is 2.59. The molecule has 0 aromatic heterocycles. The molecule has 0 atom stereocenters. The van der Waals surface area contributed by atoms with Gasteiger partial charge in [-0.15, -0.1) is 0 Å². The molecule has 24 heavy (non-hydrogen) atoms. The van der Waals surface area contributed by atoms with Gasteiger partial charge in [-0.3, -0.25) is 4.79 Å². The van der Waals surface area contributed by atoms with Crippen LogP contribution in [0.1, 0.15) is 23.2 Å². The van der Waals surface area contributed by atoms with Gasteiger partial charge in [0.2, 0.25) is 0 Å². The molecular weight excluding hydrogens is 322 g/mol. The van der Waals surface area contributed by atoms with Gasteiger partial charge in [-0.1, -0.05) is 35.9 Å². The lowest BCUT2D eigenvalue weighted by molar-refractivity contribution is 0.102. The maximum absolute atomic E-state index is 12.5. The van der Waals surface area contributed by atoms with Crippen LogP contribution in [0.15, 0.2) is 48.5 Å². The number of halogens is 1. The van der Waals surface area contributed by atoms with Gasteiger partial charge < -0.3 is 15.5 Å². The van der Waals surface area contributed by atoms with E-state index >= 15 is 0 Å². The maximum atomic E-state index is 12.5. The fourth-order valence-electron chi connectivity index (χ4n) is 2.93. The molecule has 1 fully saturated rings. The molecule has 3 rings (SSSR count). The third-order valence-corrected chi connectivity index (χ3v) is 4.70. The van der Waals surface area contributed by atoms with Crippen molar-refractivity contribution < 1.29 is 4.79 Å². The minimum atomic E-state index is -0.196. The van der Waals surface area contributed by atoms with Crippen LogP contribution in [-0.2, 0) is 0 Å². The largest absolute Gasteiger partial charge is 0.381 e. The summed E-state index contributed by atoms with van der Waals surface area (Å²) < 4.78 is 0. The summed E-state index contributed by atoms with van der Waals surface area (Å²) in [5.41, 5.74) is 2.21. The van der Waals surface area contributed by atoms with Gasteiger partial charge in [-0.25, -0.2) is 0 Å². The molecule has 0 radical (unpaired) electrons. The van der Waals surface area contributed by atoms with Crippen LogP contribution in [0, 0.1) is 0 Å². The fourth-order valence-corrected chi connectivity index (χ4v) is 3.15. The number of piperidine rings is 1. The third kappa shape index (κ3) is 4.08. The van der Waals surface area contributed by atoms with Crippen molar-refractivity contribution in [2.75, 3.05) is 30.8 Å². The number of carbonyl (C=O) groups excluding carboxylic acids is 1. The third-order valence-electron chi connectivity index (χ3n) is 4.37. The predicted octanol–water partition coefficient (Wildman–Crippen LogP) is 4.10. The monoisotopic (exact) mass is 343 g/mol. The van der Waals surface area contributed by atoms with Crippen LogP contribution in [0.4, 0.5) is 11.4 Å². The van der Waals surface area contributed by atoms with Crippen molar-refractivity contribution in [1.29, 1.82) is 0 Å². The second-order valence-corrected chi connectivity index (χ2v) is 6.61. The van der Waals surface area contributed by atoms with E-state index in [-0.39, 0.29) is 5.91 Å². The predicted molar refractivity (Wildman–Crippen MR) is 100.0 cm³/mol. The van der Waals surface area contributed by atoms with Crippen LogP contribution in [0.25, 0.3) is 0 Å². The highest BCUT2D eigenvalue weighted by Gasteiger charge is 2.18. The Labute approximate surface area is 147 Å². The zero-order valence-corrected chi connectivity index (χ0v) is 14.5. The minimum Gasteiger partial charge on any atom is -0.381 e. The smallest absolute Gasteiger partial charge is 0.257 e. The van der Waals surface area contributed by atoms with Crippen molar-refractivity contribution in [3.8, 4) is 0 Å². The Morgan fingerprint density at radius 2 is 1.67 bits per heavy atom. The van der Waals surface area contributed by atoms with E-state index in [0.717, 1.165) is 37.3 Å². The van der Waals surface area contributed by atoms with Crippen molar-refractivity contribution in [2.45, 2.75) is 18.9 Å². The van der Waals surface area contributed by atoms with Crippen LogP contribution >= 0.6 is 11.6 Å². The van der Waals surface area contributed by atoms with Crippen molar-refractivity contribution in [2.24, 2.45) is 0 Å². The molecule has 4 nitrogen and oxygen atoms in total. The average molecular weight is 344 g/mol. The molecule has 1 heterocycles. The summed E-state index contributed by atoms with van der Waals surface area (Å²) in [6.07, 6.45) is 2.20. The lowest BCUT2D eigenvalue weighted by atomic mass is 10.0. The first-order valence-electron chi connectivity index (χ1n) is 8.23. The first kappa shape index (κ1) is 16.8. The molecule has 0 spiro atoms. The lowest BCUT2D eigenvalue weighted by Gasteiger charge is -2.30. The maximum Gasteiger partial charge on any atom is 0.257 e.